The molecule has 0 aromatic heterocycles. The maximum absolute atomic E-state index is 9.64. The van der Waals surface area contributed by atoms with Gasteiger partial charge < -0.3 is 40.9 Å². The minimum atomic E-state index is -1.67. The summed E-state index contributed by atoms with van der Waals surface area (Å²) in [6, 6.07) is 0. The van der Waals surface area contributed by atoms with E-state index in [1.807, 2.05) is 0 Å². The maximum Gasteiger partial charge on any atom is 0.303 e. The lowest BCUT2D eigenvalue weighted by Gasteiger charge is -2.24. The average Bonchev–Trinajstić information content (AvgIpc) is 2.42. The van der Waals surface area contributed by atoms with Gasteiger partial charge in [-0.25, -0.2) is 0 Å². The number of carbonyl (C=O) groups is 2. The molecule has 0 fully saturated rings. The Morgan fingerprint density at radius 1 is 0.700 bits per heavy atom. The number of aliphatic hydroxyl groups is 6. The summed E-state index contributed by atoms with van der Waals surface area (Å²) >= 11 is 0. The molecule has 0 saturated heterocycles. The number of carboxylic acid groups (broad SMARTS) is 2. The molecule has 0 aliphatic heterocycles. The third-order valence-corrected chi connectivity index (χ3v) is 2.07. The second-order valence-corrected chi connectivity index (χ2v) is 3.77. The summed E-state index contributed by atoms with van der Waals surface area (Å²) in [4.78, 5) is 19.3. The molecule has 0 saturated carbocycles. The van der Waals surface area contributed by atoms with E-state index in [0.29, 0.717) is 0 Å². The zero-order chi connectivity index (χ0) is 16.3. The first-order valence-electron chi connectivity index (χ1n) is 5.54. The van der Waals surface area contributed by atoms with Crippen LogP contribution in [0.2, 0.25) is 0 Å². The smallest absolute Gasteiger partial charge is 0.303 e. The molecule has 0 rings (SSSR count). The highest BCUT2D eigenvalue weighted by molar-refractivity contribution is 5.75. The highest BCUT2D eigenvalue weighted by Gasteiger charge is 2.29. The Balaban J connectivity index is 0. The van der Waals surface area contributed by atoms with Crippen LogP contribution >= 0.6 is 0 Å². The van der Waals surface area contributed by atoms with Gasteiger partial charge in [0, 0.05) is 0 Å². The molecule has 0 aromatic rings. The lowest BCUT2D eigenvalue weighted by molar-refractivity contribution is -0.143. The number of hydrogen-bond donors (Lipinski definition) is 8. The molecular weight excluding hydrogens is 280 g/mol. The average molecular weight is 300 g/mol. The number of rotatable bonds is 8. The van der Waals surface area contributed by atoms with Crippen LogP contribution in [-0.2, 0) is 9.59 Å². The summed E-state index contributed by atoms with van der Waals surface area (Å²) in [6.45, 7) is -1.45. The van der Waals surface area contributed by atoms with Gasteiger partial charge in [0.1, 0.15) is 24.4 Å². The summed E-state index contributed by atoms with van der Waals surface area (Å²) in [6.07, 6.45) is -6.98. The van der Waals surface area contributed by atoms with E-state index in [1.165, 1.54) is 0 Å². The molecule has 10 nitrogen and oxygen atoms in total. The van der Waals surface area contributed by atoms with Crippen molar-refractivity contribution >= 4 is 11.9 Å². The molecular formula is C10H20O10. The van der Waals surface area contributed by atoms with Gasteiger partial charge in [-0.05, 0) is 0 Å². The van der Waals surface area contributed by atoms with Crippen molar-refractivity contribution in [2.75, 3.05) is 13.2 Å². The molecule has 0 amide bonds. The lowest BCUT2D eigenvalue weighted by atomic mass is 10.0. The largest absolute Gasteiger partial charge is 0.481 e. The van der Waals surface area contributed by atoms with Gasteiger partial charge in [-0.3, -0.25) is 9.59 Å². The van der Waals surface area contributed by atoms with Gasteiger partial charge in [-0.1, -0.05) is 0 Å². The molecule has 20 heavy (non-hydrogen) atoms. The normalized spacial score (nSPS) is 16.3. The Kier molecular flexibility index (Phi) is 12.1. The molecule has 0 radical (unpaired) electrons. The quantitative estimate of drug-likeness (QED) is 0.221. The Labute approximate surface area is 114 Å². The first-order valence-corrected chi connectivity index (χ1v) is 5.54. The summed E-state index contributed by atoms with van der Waals surface area (Å²) in [5.41, 5.74) is 0. The predicted molar refractivity (Wildman–Crippen MR) is 62.7 cm³/mol. The lowest BCUT2D eigenvalue weighted by Crippen LogP contribution is -2.46. The number of aliphatic carboxylic acids is 2. The van der Waals surface area contributed by atoms with Gasteiger partial charge in [-0.2, -0.15) is 0 Å². The summed E-state index contributed by atoms with van der Waals surface area (Å²) < 4.78 is 0. The van der Waals surface area contributed by atoms with Crippen LogP contribution in [0.1, 0.15) is 12.8 Å². The Hall–Kier alpha value is -1.30. The van der Waals surface area contributed by atoms with Crippen molar-refractivity contribution in [1.29, 1.82) is 0 Å². The summed E-state index contributed by atoms with van der Waals surface area (Å²) in [7, 11) is 0. The maximum atomic E-state index is 9.64. The van der Waals surface area contributed by atoms with Crippen molar-refractivity contribution in [3.8, 4) is 0 Å². The Bertz CT molecular complexity index is 253. The van der Waals surface area contributed by atoms with Crippen molar-refractivity contribution in [3.05, 3.63) is 0 Å². The first kappa shape index (κ1) is 21.0. The topological polar surface area (TPSA) is 196 Å². The van der Waals surface area contributed by atoms with Crippen LogP contribution in [0.4, 0.5) is 0 Å². The molecule has 0 spiro atoms. The summed E-state index contributed by atoms with van der Waals surface area (Å²) in [5.74, 6) is -2.15. The Morgan fingerprint density at radius 3 is 1.10 bits per heavy atom. The number of carboxylic acids is 2. The molecule has 120 valence electrons. The predicted octanol–water partition coefficient (Wildman–Crippen LogP) is -3.65. The monoisotopic (exact) mass is 300 g/mol. The van der Waals surface area contributed by atoms with E-state index >= 15 is 0 Å². The van der Waals surface area contributed by atoms with Crippen molar-refractivity contribution in [2.24, 2.45) is 0 Å². The van der Waals surface area contributed by atoms with E-state index < -0.39 is 49.6 Å². The Morgan fingerprint density at radius 2 is 0.950 bits per heavy atom. The molecule has 0 aromatic carbocycles. The third kappa shape index (κ3) is 10.6. The molecule has 4 atom stereocenters. The standard InChI is InChI=1S/C6H14O6.C4H6O4/c7-1-3(9)5(11)6(12)4(10)2-8;5-3(6)1-2-4(7)8/h3-12H,1-2H2;1-2H2,(H,5,6)(H,7,8)/t3-,4-,5-,6-;/m1./s1. The van der Waals surface area contributed by atoms with Crippen molar-refractivity contribution in [3.63, 3.8) is 0 Å². The second kappa shape index (κ2) is 11.5. The van der Waals surface area contributed by atoms with Crippen molar-refractivity contribution in [1.82, 2.24) is 0 Å². The SMILES string of the molecule is O=C(O)CCC(=O)O.OC[C@@H](O)[C@@H](O)[C@H](O)[C@H](O)CO. The fraction of sp³-hybridized carbons (Fsp3) is 0.800. The van der Waals surface area contributed by atoms with Crippen LogP contribution in [0.5, 0.6) is 0 Å². The third-order valence-electron chi connectivity index (χ3n) is 2.07. The minimum Gasteiger partial charge on any atom is -0.481 e. The van der Waals surface area contributed by atoms with Gasteiger partial charge in [-0.15, -0.1) is 0 Å². The molecule has 0 aliphatic carbocycles. The first-order chi connectivity index (χ1) is 9.17. The minimum absolute atomic E-state index is 0.296. The fourth-order valence-electron chi connectivity index (χ4n) is 0.885. The molecule has 0 unspecified atom stereocenters. The van der Waals surface area contributed by atoms with E-state index in [9.17, 15) is 9.59 Å². The van der Waals surface area contributed by atoms with Crippen LogP contribution in [0.25, 0.3) is 0 Å². The fourth-order valence-corrected chi connectivity index (χ4v) is 0.885. The highest BCUT2D eigenvalue weighted by Crippen LogP contribution is 2.04. The van der Waals surface area contributed by atoms with E-state index in [2.05, 4.69) is 0 Å². The van der Waals surface area contributed by atoms with Gasteiger partial charge in [0.05, 0.1) is 26.1 Å². The molecule has 10 heteroatoms. The van der Waals surface area contributed by atoms with Crippen LogP contribution in [0, 0.1) is 0 Å². The van der Waals surface area contributed by atoms with Crippen LogP contribution in [0.15, 0.2) is 0 Å². The zero-order valence-electron chi connectivity index (χ0n) is 10.5. The van der Waals surface area contributed by atoms with Gasteiger partial charge in [0.2, 0.25) is 0 Å². The van der Waals surface area contributed by atoms with Gasteiger partial charge in [0.15, 0.2) is 0 Å². The van der Waals surface area contributed by atoms with Crippen molar-refractivity contribution < 1.29 is 50.4 Å². The van der Waals surface area contributed by atoms with E-state index in [1.54, 1.807) is 0 Å². The van der Waals surface area contributed by atoms with E-state index in [-0.39, 0.29) is 12.8 Å². The molecule has 0 heterocycles. The van der Waals surface area contributed by atoms with Gasteiger partial charge in [0.25, 0.3) is 0 Å². The highest BCUT2D eigenvalue weighted by atomic mass is 16.4. The van der Waals surface area contributed by atoms with E-state index in [4.69, 9.17) is 40.9 Å². The number of hydrogen-bond acceptors (Lipinski definition) is 8. The molecule has 0 bridgehead atoms. The molecule has 0 aliphatic rings. The number of aliphatic hydroxyl groups excluding tert-OH is 6. The van der Waals surface area contributed by atoms with Crippen LogP contribution in [-0.4, -0.2) is 90.4 Å². The molecule has 8 N–H and O–H groups in total. The van der Waals surface area contributed by atoms with Gasteiger partial charge >= 0.3 is 11.9 Å². The van der Waals surface area contributed by atoms with Crippen molar-refractivity contribution in [2.45, 2.75) is 37.3 Å². The zero-order valence-corrected chi connectivity index (χ0v) is 10.5. The van der Waals surface area contributed by atoms with E-state index in [0.717, 1.165) is 0 Å². The van der Waals surface area contributed by atoms with Crippen LogP contribution in [0.3, 0.4) is 0 Å². The second-order valence-electron chi connectivity index (χ2n) is 3.77. The van der Waals surface area contributed by atoms with Crippen LogP contribution < -0.4 is 0 Å². The summed E-state index contributed by atoms with van der Waals surface area (Å²) in [5, 5.41) is 68.0.